The van der Waals surface area contributed by atoms with Crippen LogP contribution in [0, 0.1) is 0 Å². The number of amides is 2. The van der Waals surface area contributed by atoms with Gasteiger partial charge >= 0.3 is 6.03 Å². The molecule has 96 valence electrons. The SMILES string of the molecule is O=C(NCC1(O)CCOCC1)NC1CC=CC1. The highest BCUT2D eigenvalue weighted by Crippen LogP contribution is 2.19. The van der Waals surface area contributed by atoms with Gasteiger partial charge in [0.1, 0.15) is 0 Å². The fourth-order valence-corrected chi connectivity index (χ4v) is 2.14. The molecule has 0 aromatic carbocycles. The summed E-state index contributed by atoms with van der Waals surface area (Å²) in [6.07, 6.45) is 7.08. The molecule has 5 heteroatoms. The fraction of sp³-hybridized carbons (Fsp3) is 0.750. The van der Waals surface area contributed by atoms with Crippen LogP contribution in [0.25, 0.3) is 0 Å². The van der Waals surface area contributed by atoms with Gasteiger partial charge in [0.05, 0.1) is 5.60 Å². The molecule has 1 heterocycles. The van der Waals surface area contributed by atoms with Gasteiger partial charge in [-0.1, -0.05) is 12.2 Å². The minimum Gasteiger partial charge on any atom is -0.388 e. The van der Waals surface area contributed by atoms with Crippen LogP contribution < -0.4 is 10.6 Å². The van der Waals surface area contributed by atoms with E-state index in [2.05, 4.69) is 22.8 Å². The normalized spacial score (nSPS) is 23.6. The van der Waals surface area contributed by atoms with E-state index in [1.807, 2.05) is 0 Å². The zero-order valence-electron chi connectivity index (χ0n) is 9.95. The molecule has 2 amide bonds. The molecule has 1 fully saturated rings. The van der Waals surface area contributed by atoms with E-state index in [1.54, 1.807) is 0 Å². The largest absolute Gasteiger partial charge is 0.388 e. The van der Waals surface area contributed by atoms with Crippen molar-refractivity contribution in [1.82, 2.24) is 10.6 Å². The standard InChI is InChI=1S/C12H20N2O3/c15-11(14-10-3-1-2-4-10)13-9-12(16)5-7-17-8-6-12/h1-2,10,16H,3-9H2,(H2,13,14,15). The first kappa shape index (κ1) is 12.4. The lowest BCUT2D eigenvalue weighted by atomic mass is 9.94. The highest BCUT2D eigenvalue weighted by molar-refractivity contribution is 5.74. The molecule has 0 unspecified atom stereocenters. The molecule has 0 bridgehead atoms. The third-order valence-corrected chi connectivity index (χ3v) is 3.34. The summed E-state index contributed by atoms with van der Waals surface area (Å²) in [6, 6.07) is 0.0120. The molecular formula is C12H20N2O3. The van der Waals surface area contributed by atoms with Gasteiger partial charge in [0, 0.05) is 38.6 Å². The number of nitrogens with one attached hydrogen (secondary N) is 2. The maximum Gasteiger partial charge on any atom is 0.315 e. The summed E-state index contributed by atoms with van der Waals surface area (Å²) in [5.41, 5.74) is -0.802. The zero-order chi connectivity index (χ0) is 12.1. The topological polar surface area (TPSA) is 70.6 Å². The summed E-state index contributed by atoms with van der Waals surface area (Å²) in [5.74, 6) is 0. The Morgan fingerprint density at radius 3 is 2.65 bits per heavy atom. The molecule has 3 N–H and O–H groups in total. The van der Waals surface area contributed by atoms with Crippen molar-refractivity contribution >= 4 is 6.03 Å². The second-order valence-corrected chi connectivity index (χ2v) is 4.80. The Morgan fingerprint density at radius 2 is 2.00 bits per heavy atom. The highest BCUT2D eigenvalue weighted by atomic mass is 16.5. The molecule has 5 nitrogen and oxygen atoms in total. The zero-order valence-corrected chi connectivity index (χ0v) is 9.95. The average Bonchev–Trinajstić information content (AvgIpc) is 2.80. The third-order valence-electron chi connectivity index (χ3n) is 3.34. The Labute approximate surface area is 101 Å². The van der Waals surface area contributed by atoms with Gasteiger partial charge in [-0.2, -0.15) is 0 Å². The van der Waals surface area contributed by atoms with Crippen LogP contribution in [-0.4, -0.2) is 42.5 Å². The number of urea groups is 1. The summed E-state index contributed by atoms with van der Waals surface area (Å²) in [4.78, 5) is 11.6. The van der Waals surface area contributed by atoms with Crippen molar-refractivity contribution in [2.45, 2.75) is 37.3 Å². The van der Waals surface area contributed by atoms with Crippen molar-refractivity contribution in [1.29, 1.82) is 0 Å². The van der Waals surface area contributed by atoms with Gasteiger partial charge in [0.2, 0.25) is 0 Å². The molecular weight excluding hydrogens is 220 g/mol. The van der Waals surface area contributed by atoms with Gasteiger partial charge in [0.15, 0.2) is 0 Å². The molecule has 2 aliphatic rings. The molecule has 0 saturated carbocycles. The minimum absolute atomic E-state index is 0.196. The second kappa shape index (κ2) is 5.51. The number of hydrogen-bond donors (Lipinski definition) is 3. The smallest absolute Gasteiger partial charge is 0.315 e. The van der Waals surface area contributed by atoms with Gasteiger partial charge in [-0.25, -0.2) is 4.79 Å². The van der Waals surface area contributed by atoms with Crippen LogP contribution in [0.2, 0.25) is 0 Å². The summed E-state index contributed by atoms with van der Waals surface area (Å²) in [6.45, 7) is 1.42. The van der Waals surface area contributed by atoms with E-state index in [0.717, 1.165) is 12.8 Å². The van der Waals surface area contributed by atoms with E-state index in [9.17, 15) is 9.90 Å². The molecule has 1 aliphatic carbocycles. The maximum absolute atomic E-state index is 11.6. The van der Waals surface area contributed by atoms with E-state index >= 15 is 0 Å². The Kier molecular flexibility index (Phi) is 4.02. The molecule has 0 atom stereocenters. The Bertz CT molecular complexity index is 290. The molecule has 2 rings (SSSR count). The molecule has 0 radical (unpaired) electrons. The molecule has 1 aliphatic heterocycles. The van der Waals surface area contributed by atoms with E-state index < -0.39 is 5.60 Å². The van der Waals surface area contributed by atoms with Crippen LogP contribution in [0.1, 0.15) is 25.7 Å². The van der Waals surface area contributed by atoms with Crippen molar-refractivity contribution in [2.75, 3.05) is 19.8 Å². The van der Waals surface area contributed by atoms with E-state index in [-0.39, 0.29) is 12.1 Å². The van der Waals surface area contributed by atoms with Crippen molar-refractivity contribution < 1.29 is 14.6 Å². The molecule has 0 spiro atoms. The average molecular weight is 240 g/mol. The van der Waals surface area contributed by atoms with E-state index in [0.29, 0.717) is 32.6 Å². The number of carbonyl (C=O) groups excluding carboxylic acids is 1. The van der Waals surface area contributed by atoms with Crippen LogP contribution in [0.5, 0.6) is 0 Å². The number of aliphatic hydroxyl groups is 1. The van der Waals surface area contributed by atoms with Crippen LogP contribution >= 0.6 is 0 Å². The Hall–Kier alpha value is -1.07. The Morgan fingerprint density at radius 1 is 1.35 bits per heavy atom. The first-order valence-electron chi connectivity index (χ1n) is 6.17. The van der Waals surface area contributed by atoms with Crippen molar-refractivity contribution in [3.8, 4) is 0 Å². The Balaban J connectivity index is 1.68. The van der Waals surface area contributed by atoms with Crippen molar-refractivity contribution in [3.63, 3.8) is 0 Å². The van der Waals surface area contributed by atoms with Crippen LogP contribution in [0.4, 0.5) is 4.79 Å². The van der Waals surface area contributed by atoms with Crippen LogP contribution in [0.3, 0.4) is 0 Å². The van der Waals surface area contributed by atoms with Crippen molar-refractivity contribution in [2.24, 2.45) is 0 Å². The quantitative estimate of drug-likeness (QED) is 0.631. The van der Waals surface area contributed by atoms with Gasteiger partial charge in [-0.05, 0) is 12.8 Å². The first-order valence-corrected chi connectivity index (χ1v) is 6.17. The lowest BCUT2D eigenvalue weighted by molar-refractivity contribution is -0.0600. The molecule has 17 heavy (non-hydrogen) atoms. The third kappa shape index (κ3) is 3.71. The summed E-state index contributed by atoms with van der Waals surface area (Å²) in [5, 5.41) is 15.8. The fourth-order valence-electron chi connectivity index (χ4n) is 2.14. The van der Waals surface area contributed by atoms with E-state index in [1.165, 1.54) is 0 Å². The minimum atomic E-state index is -0.802. The lowest BCUT2D eigenvalue weighted by Gasteiger charge is -2.32. The highest BCUT2D eigenvalue weighted by Gasteiger charge is 2.30. The monoisotopic (exact) mass is 240 g/mol. The van der Waals surface area contributed by atoms with Crippen LogP contribution in [0.15, 0.2) is 12.2 Å². The van der Waals surface area contributed by atoms with Crippen molar-refractivity contribution in [3.05, 3.63) is 12.2 Å². The number of hydrogen-bond acceptors (Lipinski definition) is 3. The van der Waals surface area contributed by atoms with Gasteiger partial charge < -0.3 is 20.5 Å². The van der Waals surface area contributed by atoms with Gasteiger partial charge in [-0.15, -0.1) is 0 Å². The summed E-state index contributed by atoms with van der Waals surface area (Å²) >= 11 is 0. The van der Waals surface area contributed by atoms with Gasteiger partial charge in [0.25, 0.3) is 0 Å². The number of ether oxygens (including phenoxy) is 1. The molecule has 0 aromatic heterocycles. The van der Waals surface area contributed by atoms with E-state index in [4.69, 9.17) is 4.74 Å². The molecule has 0 aromatic rings. The predicted octanol–water partition coefficient (Wildman–Crippen LogP) is 0.546. The molecule has 1 saturated heterocycles. The van der Waals surface area contributed by atoms with Crippen LogP contribution in [-0.2, 0) is 4.74 Å². The number of rotatable bonds is 3. The maximum atomic E-state index is 11.6. The number of carbonyl (C=O) groups is 1. The van der Waals surface area contributed by atoms with Gasteiger partial charge in [-0.3, -0.25) is 0 Å². The first-order chi connectivity index (χ1) is 8.18. The second-order valence-electron chi connectivity index (χ2n) is 4.80. The summed E-state index contributed by atoms with van der Waals surface area (Å²) < 4.78 is 5.18. The summed E-state index contributed by atoms with van der Waals surface area (Å²) in [7, 11) is 0. The lowest BCUT2D eigenvalue weighted by Crippen LogP contribution is -2.50. The predicted molar refractivity (Wildman–Crippen MR) is 63.7 cm³/mol.